The van der Waals surface area contributed by atoms with E-state index in [4.69, 9.17) is 10.5 Å². The number of nitrogens with one attached hydrogen (secondary N) is 1. The van der Waals surface area contributed by atoms with Crippen LogP contribution >= 0.6 is 0 Å². The molecule has 0 fully saturated rings. The first-order valence-corrected chi connectivity index (χ1v) is 5.57. The number of hydrogen-bond acceptors (Lipinski definition) is 4. The lowest BCUT2D eigenvalue weighted by Crippen LogP contribution is -2.43. The number of carbonyl (C=O) groups excluding carboxylic acids is 2. The van der Waals surface area contributed by atoms with E-state index in [0.29, 0.717) is 6.42 Å². The molecule has 1 amide bonds. The third-order valence-electron chi connectivity index (χ3n) is 1.85. The minimum atomic E-state index is -0.463. The maximum absolute atomic E-state index is 11.7. The predicted molar refractivity (Wildman–Crippen MR) is 61.7 cm³/mol. The number of amides is 1. The van der Waals surface area contributed by atoms with Gasteiger partial charge < -0.3 is 15.8 Å². The summed E-state index contributed by atoms with van der Waals surface area (Å²) < 4.78 is 5.09. The van der Waals surface area contributed by atoms with Gasteiger partial charge in [-0.25, -0.2) is 0 Å². The molecule has 94 valence electrons. The predicted octanol–water partition coefficient (Wildman–Crippen LogP) is 0.570. The quantitative estimate of drug-likeness (QED) is 0.626. The summed E-state index contributed by atoms with van der Waals surface area (Å²) in [5, 5.41) is 3.06. The summed E-state index contributed by atoms with van der Waals surface area (Å²) in [5.74, 6) is -0.738. The Morgan fingerprint density at radius 3 is 2.19 bits per heavy atom. The molecule has 0 saturated carbocycles. The lowest BCUT2D eigenvalue weighted by atomic mass is 10.1. The van der Waals surface area contributed by atoms with Crippen molar-refractivity contribution in [1.82, 2.24) is 5.32 Å². The maximum atomic E-state index is 11.7. The molecular weight excluding hydrogens is 208 g/mol. The van der Waals surface area contributed by atoms with Crippen molar-refractivity contribution in [2.24, 2.45) is 5.73 Å². The van der Waals surface area contributed by atoms with Crippen LogP contribution in [0.1, 0.15) is 40.5 Å². The SMILES string of the molecule is CC(C)N[C@@H](CCC(N)=O)C(=O)OC(C)C. The number of nitrogens with two attached hydrogens (primary N) is 1. The van der Waals surface area contributed by atoms with Crippen molar-refractivity contribution in [3.63, 3.8) is 0 Å². The molecule has 3 N–H and O–H groups in total. The van der Waals surface area contributed by atoms with Crippen LogP contribution in [0.5, 0.6) is 0 Å². The van der Waals surface area contributed by atoms with Crippen molar-refractivity contribution in [1.29, 1.82) is 0 Å². The Labute approximate surface area is 96.7 Å². The second-order valence-corrected chi connectivity index (χ2v) is 4.36. The fraction of sp³-hybridized carbons (Fsp3) is 0.818. The summed E-state index contributed by atoms with van der Waals surface area (Å²) in [6, 6.07) is -0.313. The van der Waals surface area contributed by atoms with E-state index in [1.807, 2.05) is 13.8 Å². The molecule has 5 heteroatoms. The van der Waals surface area contributed by atoms with Crippen LogP contribution in [0.25, 0.3) is 0 Å². The maximum Gasteiger partial charge on any atom is 0.323 e. The Morgan fingerprint density at radius 2 is 1.81 bits per heavy atom. The Bertz CT molecular complexity index is 239. The summed E-state index contributed by atoms with van der Waals surface area (Å²) in [6.07, 6.45) is 0.397. The third kappa shape index (κ3) is 7.23. The molecule has 0 bridgehead atoms. The minimum absolute atomic E-state index is 0.151. The van der Waals surface area contributed by atoms with Gasteiger partial charge in [-0.1, -0.05) is 13.8 Å². The molecule has 16 heavy (non-hydrogen) atoms. The van der Waals surface area contributed by atoms with E-state index >= 15 is 0 Å². The number of ether oxygens (including phenoxy) is 1. The minimum Gasteiger partial charge on any atom is -0.462 e. The second-order valence-electron chi connectivity index (χ2n) is 4.36. The highest BCUT2D eigenvalue weighted by atomic mass is 16.5. The Balaban J connectivity index is 4.28. The van der Waals surface area contributed by atoms with E-state index in [-0.39, 0.29) is 24.5 Å². The van der Waals surface area contributed by atoms with Crippen molar-refractivity contribution in [3.05, 3.63) is 0 Å². The van der Waals surface area contributed by atoms with Crippen molar-refractivity contribution in [2.45, 2.75) is 58.7 Å². The van der Waals surface area contributed by atoms with Crippen LogP contribution < -0.4 is 11.1 Å². The number of esters is 1. The van der Waals surface area contributed by atoms with Gasteiger partial charge in [0.15, 0.2) is 0 Å². The summed E-state index contributed by atoms with van der Waals surface area (Å²) in [7, 11) is 0. The fourth-order valence-corrected chi connectivity index (χ4v) is 1.27. The van der Waals surface area contributed by atoms with E-state index in [0.717, 1.165) is 0 Å². The Hall–Kier alpha value is -1.10. The second kappa shape index (κ2) is 7.22. The van der Waals surface area contributed by atoms with Gasteiger partial charge in [0.2, 0.25) is 5.91 Å². The van der Waals surface area contributed by atoms with Crippen LogP contribution in [0.15, 0.2) is 0 Å². The monoisotopic (exact) mass is 230 g/mol. The summed E-state index contributed by atoms with van der Waals surface area (Å²) in [4.78, 5) is 22.3. The van der Waals surface area contributed by atoms with E-state index in [1.54, 1.807) is 13.8 Å². The molecule has 0 heterocycles. The average Bonchev–Trinajstić information content (AvgIpc) is 2.09. The smallest absolute Gasteiger partial charge is 0.323 e. The lowest BCUT2D eigenvalue weighted by Gasteiger charge is -2.20. The zero-order valence-corrected chi connectivity index (χ0v) is 10.4. The molecule has 0 spiro atoms. The van der Waals surface area contributed by atoms with Crippen LogP contribution in [0, 0.1) is 0 Å². The molecule has 0 aromatic rings. The normalized spacial score (nSPS) is 12.9. The molecule has 0 aromatic heterocycles. The highest BCUT2D eigenvalue weighted by Crippen LogP contribution is 2.03. The molecule has 0 radical (unpaired) electrons. The molecular formula is C11H22N2O3. The Kier molecular flexibility index (Phi) is 6.72. The van der Waals surface area contributed by atoms with Gasteiger partial charge in [0, 0.05) is 12.5 Å². The molecule has 1 atom stereocenters. The molecule has 0 aliphatic carbocycles. The fourth-order valence-electron chi connectivity index (χ4n) is 1.27. The van der Waals surface area contributed by atoms with Gasteiger partial charge >= 0.3 is 5.97 Å². The first-order valence-electron chi connectivity index (χ1n) is 5.57. The van der Waals surface area contributed by atoms with Crippen LogP contribution in [-0.2, 0) is 14.3 Å². The van der Waals surface area contributed by atoms with Gasteiger partial charge in [0.05, 0.1) is 6.10 Å². The van der Waals surface area contributed by atoms with E-state index in [9.17, 15) is 9.59 Å². The first-order chi connectivity index (χ1) is 7.32. The summed E-state index contributed by atoms with van der Waals surface area (Å²) in [6.45, 7) is 7.44. The average molecular weight is 230 g/mol. The number of rotatable bonds is 7. The van der Waals surface area contributed by atoms with Gasteiger partial charge in [0.25, 0.3) is 0 Å². The molecule has 0 aliphatic heterocycles. The molecule has 0 aromatic carbocycles. The summed E-state index contributed by atoms with van der Waals surface area (Å²) >= 11 is 0. The van der Waals surface area contributed by atoms with Crippen LogP contribution in [0.4, 0.5) is 0 Å². The van der Waals surface area contributed by atoms with Crippen molar-refractivity contribution in [2.75, 3.05) is 0 Å². The van der Waals surface area contributed by atoms with Crippen LogP contribution in [0.2, 0.25) is 0 Å². The zero-order valence-electron chi connectivity index (χ0n) is 10.4. The van der Waals surface area contributed by atoms with E-state index in [2.05, 4.69) is 5.32 Å². The van der Waals surface area contributed by atoms with Gasteiger partial charge in [-0.2, -0.15) is 0 Å². The van der Waals surface area contributed by atoms with Crippen molar-refractivity contribution in [3.8, 4) is 0 Å². The van der Waals surface area contributed by atoms with Gasteiger partial charge in [0.1, 0.15) is 6.04 Å². The third-order valence-corrected chi connectivity index (χ3v) is 1.85. The van der Waals surface area contributed by atoms with Crippen LogP contribution in [-0.4, -0.2) is 30.1 Å². The van der Waals surface area contributed by atoms with Crippen LogP contribution in [0.3, 0.4) is 0 Å². The number of primary amides is 1. The first kappa shape index (κ1) is 14.9. The topological polar surface area (TPSA) is 81.4 Å². The van der Waals surface area contributed by atoms with Gasteiger partial charge in [-0.3, -0.25) is 9.59 Å². The summed E-state index contributed by atoms with van der Waals surface area (Å²) in [5.41, 5.74) is 5.05. The highest BCUT2D eigenvalue weighted by Gasteiger charge is 2.21. The molecule has 5 nitrogen and oxygen atoms in total. The van der Waals surface area contributed by atoms with Gasteiger partial charge in [-0.05, 0) is 20.3 Å². The van der Waals surface area contributed by atoms with Crippen molar-refractivity contribution < 1.29 is 14.3 Å². The molecule has 0 aliphatic rings. The molecule has 0 unspecified atom stereocenters. The highest BCUT2D eigenvalue weighted by molar-refractivity contribution is 5.78. The van der Waals surface area contributed by atoms with Crippen molar-refractivity contribution >= 4 is 11.9 Å². The zero-order chi connectivity index (χ0) is 12.7. The van der Waals surface area contributed by atoms with Gasteiger partial charge in [-0.15, -0.1) is 0 Å². The van der Waals surface area contributed by atoms with E-state index < -0.39 is 11.9 Å². The number of carbonyl (C=O) groups is 2. The van der Waals surface area contributed by atoms with E-state index in [1.165, 1.54) is 0 Å². The number of hydrogen-bond donors (Lipinski definition) is 2. The standard InChI is InChI=1S/C11H22N2O3/c1-7(2)13-9(5-6-10(12)14)11(15)16-8(3)4/h7-9,13H,5-6H2,1-4H3,(H2,12,14)/t9-/m0/s1. The Morgan fingerprint density at radius 1 is 1.25 bits per heavy atom. The lowest BCUT2D eigenvalue weighted by molar-refractivity contribution is -0.150. The molecule has 0 rings (SSSR count). The molecule has 0 saturated heterocycles. The largest absolute Gasteiger partial charge is 0.462 e.